The first-order chi connectivity index (χ1) is 6.36. The molecule has 10 heteroatoms. The standard InChI is InChI=1S/C5HF9O/c6-1-2(4(9,10)11,5(12,13)14)15-3(1,7)8/h1H/t1-/m0/s1. The van der Waals surface area contributed by atoms with Crippen LogP contribution in [0.5, 0.6) is 0 Å². The Balaban J connectivity index is 3.16. The second-order valence-electron chi connectivity index (χ2n) is 2.76. The topological polar surface area (TPSA) is 9.23 Å². The molecular formula is C5HF9O. The van der Waals surface area contributed by atoms with E-state index in [2.05, 4.69) is 4.74 Å². The minimum atomic E-state index is -6.30. The third-order valence-corrected chi connectivity index (χ3v) is 1.79. The molecular weight excluding hydrogens is 247 g/mol. The lowest BCUT2D eigenvalue weighted by Crippen LogP contribution is -2.79. The van der Waals surface area contributed by atoms with Crippen molar-refractivity contribution in [2.75, 3.05) is 0 Å². The largest absolute Gasteiger partial charge is 0.430 e. The van der Waals surface area contributed by atoms with Crippen molar-refractivity contribution in [2.24, 2.45) is 0 Å². The van der Waals surface area contributed by atoms with Gasteiger partial charge in [0.25, 0.3) is 0 Å². The van der Waals surface area contributed by atoms with Gasteiger partial charge in [0.1, 0.15) is 0 Å². The first-order valence-electron chi connectivity index (χ1n) is 3.22. The van der Waals surface area contributed by atoms with Crippen molar-refractivity contribution in [3.8, 4) is 0 Å². The molecule has 0 amide bonds. The average molecular weight is 248 g/mol. The Hall–Kier alpha value is -0.670. The van der Waals surface area contributed by atoms with Crippen molar-refractivity contribution in [2.45, 2.75) is 30.2 Å². The van der Waals surface area contributed by atoms with Crippen LogP contribution in [0.25, 0.3) is 0 Å². The van der Waals surface area contributed by atoms with Gasteiger partial charge in [0, 0.05) is 0 Å². The second-order valence-corrected chi connectivity index (χ2v) is 2.76. The zero-order valence-corrected chi connectivity index (χ0v) is 6.39. The Bertz CT molecular complexity index is 249. The fraction of sp³-hybridized carbons (Fsp3) is 1.00. The molecule has 1 nitrogen and oxygen atoms in total. The molecule has 1 saturated heterocycles. The lowest BCUT2D eigenvalue weighted by Gasteiger charge is -2.50. The summed E-state index contributed by atoms with van der Waals surface area (Å²) in [5, 5.41) is 0. The normalized spacial score (nSPS) is 29.8. The summed E-state index contributed by atoms with van der Waals surface area (Å²) in [6.45, 7) is 0. The molecule has 0 aromatic rings. The Kier molecular flexibility index (Phi) is 2.24. The van der Waals surface area contributed by atoms with Gasteiger partial charge in [-0.15, -0.1) is 0 Å². The predicted octanol–water partition coefficient (Wildman–Crippen LogP) is 2.81. The lowest BCUT2D eigenvalue weighted by molar-refractivity contribution is -0.541. The van der Waals surface area contributed by atoms with Crippen molar-refractivity contribution in [1.29, 1.82) is 0 Å². The molecule has 1 aliphatic rings. The van der Waals surface area contributed by atoms with Crippen LogP contribution in [-0.2, 0) is 4.74 Å². The van der Waals surface area contributed by atoms with Crippen molar-refractivity contribution in [3.63, 3.8) is 0 Å². The summed E-state index contributed by atoms with van der Waals surface area (Å²) in [5.41, 5.74) is -5.43. The average Bonchev–Trinajstić information content (AvgIpc) is 1.94. The minimum absolute atomic E-state index is 2.40. The van der Waals surface area contributed by atoms with E-state index in [1.165, 1.54) is 0 Å². The number of hydrogen-bond acceptors (Lipinski definition) is 1. The number of hydrogen-bond donors (Lipinski definition) is 0. The van der Waals surface area contributed by atoms with E-state index in [-0.39, 0.29) is 0 Å². The fourth-order valence-corrected chi connectivity index (χ4v) is 1.06. The summed E-state index contributed by atoms with van der Waals surface area (Å²) in [5.74, 6) is 0. The van der Waals surface area contributed by atoms with Crippen LogP contribution in [0.2, 0.25) is 0 Å². The SMILES string of the molecule is F[C@@H]1C(F)(F)OC1(C(F)(F)F)C(F)(F)F. The monoisotopic (exact) mass is 248 g/mol. The molecule has 90 valence electrons. The van der Waals surface area contributed by atoms with Gasteiger partial charge in [-0.1, -0.05) is 0 Å². The van der Waals surface area contributed by atoms with Crippen molar-refractivity contribution in [1.82, 2.24) is 0 Å². The van der Waals surface area contributed by atoms with E-state index in [0.29, 0.717) is 0 Å². The highest BCUT2D eigenvalue weighted by atomic mass is 19.4. The van der Waals surface area contributed by atoms with Crippen LogP contribution < -0.4 is 0 Å². The van der Waals surface area contributed by atoms with Gasteiger partial charge in [0.2, 0.25) is 6.17 Å². The van der Waals surface area contributed by atoms with Gasteiger partial charge in [-0.25, -0.2) is 4.39 Å². The molecule has 0 bridgehead atoms. The first kappa shape index (κ1) is 12.4. The summed E-state index contributed by atoms with van der Waals surface area (Å²) in [7, 11) is 0. The predicted molar refractivity (Wildman–Crippen MR) is 25.8 cm³/mol. The second kappa shape index (κ2) is 2.71. The van der Waals surface area contributed by atoms with Gasteiger partial charge in [-0.3, -0.25) is 4.74 Å². The maximum absolute atomic E-state index is 12.3. The van der Waals surface area contributed by atoms with E-state index >= 15 is 0 Å². The lowest BCUT2D eigenvalue weighted by atomic mass is 9.89. The number of halogens is 9. The highest BCUT2D eigenvalue weighted by Gasteiger charge is 2.90. The van der Waals surface area contributed by atoms with Crippen LogP contribution in [0.15, 0.2) is 0 Å². The van der Waals surface area contributed by atoms with Gasteiger partial charge < -0.3 is 0 Å². The molecule has 0 aliphatic carbocycles. The molecule has 1 heterocycles. The Labute approximate surface area is 75.8 Å². The van der Waals surface area contributed by atoms with Crippen molar-refractivity contribution in [3.05, 3.63) is 0 Å². The summed E-state index contributed by atoms with van der Waals surface area (Å²) in [6.07, 6.45) is -22.2. The molecule has 1 rings (SSSR count). The third kappa shape index (κ3) is 1.37. The third-order valence-electron chi connectivity index (χ3n) is 1.79. The maximum atomic E-state index is 12.3. The fourth-order valence-electron chi connectivity index (χ4n) is 1.06. The molecule has 0 unspecified atom stereocenters. The van der Waals surface area contributed by atoms with Gasteiger partial charge in [0.15, 0.2) is 0 Å². The molecule has 1 aliphatic heterocycles. The van der Waals surface area contributed by atoms with Crippen LogP contribution in [0.1, 0.15) is 0 Å². The van der Waals surface area contributed by atoms with E-state index in [1.807, 2.05) is 0 Å². The Morgan fingerprint density at radius 2 is 1.20 bits per heavy atom. The molecule has 0 spiro atoms. The maximum Gasteiger partial charge on any atom is 0.430 e. The van der Waals surface area contributed by atoms with E-state index in [0.717, 1.165) is 0 Å². The summed E-state index contributed by atoms with van der Waals surface area (Å²) in [4.78, 5) is 0. The Morgan fingerprint density at radius 1 is 0.867 bits per heavy atom. The van der Waals surface area contributed by atoms with Crippen LogP contribution >= 0.6 is 0 Å². The quantitative estimate of drug-likeness (QED) is 0.599. The van der Waals surface area contributed by atoms with Crippen LogP contribution in [0.3, 0.4) is 0 Å². The minimum Gasteiger partial charge on any atom is -0.289 e. The molecule has 1 fully saturated rings. The molecule has 1 atom stereocenters. The molecule has 0 aromatic heterocycles. The van der Waals surface area contributed by atoms with Crippen LogP contribution in [0, 0.1) is 0 Å². The molecule has 15 heavy (non-hydrogen) atoms. The van der Waals surface area contributed by atoms with E-state index in [9.17, 15) is 39.5 Å². The first-order valence-corrected chi connectivity index (χ1v) is 3.22. The molecule has 0 saturated carbocycles. The smallest absolute Gasteiger partial charge is 0.289 e. The highest BCUT2D eigenvalue weighted by molar-refractivity contribution is 5.12. The van der Waals surface area contributed by atoms with Gasteiger partial charge in [0.05, 0.1) is 0 Å². The van der Waals surface area contributed by atoms with Crippen LogP contribution in [-0.4, -0.2) is 30.2 Å². The number of rotatable bonds is 0. The van der Waals surface area contributed by atoms with E-state index in [4.69, 9.17) is 0 Å². The summed E-state index contributed by atoms with van der Waals surface area (Å²) >= 11 is 0. The van der Waals surface area contributed by atoms with Gasteiger partial charge in [-0.05, 0) is 0 Å². The Morgan fingerprint density at radius 3 is 1.27 bits per heavy atom. The zero-order valence-electron chi connectivity index (χ0n) is 6.39. The van der Waals surface area contributed by atoms with Crippen molar-refractivity contribution < 1.29 is 44.3 Å². The van der Waals surface area contributed by atoms with Gasteiger partial charge in [-0.2, -0.15) is 35.1 Å². The van der Waals surface area contributed by atoms with Gasteiger partial charge >= 0.3 is 24.1 Å². The molecule has 0 radical (unpaired) electrons. The number of ether oxygens (including phenoxy) is 1. The summed E-state index contributed by atoms with van der Waals surface area (Å²) < 4.78 is 109. The summed E-state index contributed by atoms with van der Waals surface area (Å²) in [6, 6.07) is 0. The molecule has 0 aromatic carbocycles. The van der Waals surface area contributed by atoms with Crippen molar-refractivity contribution >= 4 is 0 Å². The zero-order chi connectivity index (χ0) is 12.3. The highest BCUT2D eigenvalue weighted by Crippen LogP contribution is 2.61. The van der Waals surface area contributed by atoms with Crippen LogP contribution in [0.4, 0.5) is 39.5 Å². The number of alkyl halides is 9. The van der Waals surface area contributed by atoms with E-state index < -0.39 is 30.2 Å². The van der Waals surface area contributed by atoms with E-state index in [1.54, 1.807) is 0 Å². The molecule has 0 N–H and O–H groups in total.